The molecule has 6 heteroatoms. The third kappa shape index (κ3) is 3.60. The summed E-state index contributed by atoms with van der Waals surface area (Å²) in [6, 6.07) is 10.4. The van der Waals surface area contributed by atoms with Gasteiger partial charge >= 0.3 is 0 Å². The summed E-state index contributed by atoms with van der Waals surface area (Å²) < 4.78 is 19.2. The Morgan fingerprint density at radius 3 is 3.16 bits per heavy atom. The molecule has 1 aliphatic heterocycles. The summed E-state index contributed by atoms with van der Waals surface area (Å²) >= 11 is 0. The van der Waals surface area contributed by atoms with Crippen LogP contribution >= 0.6 is 0 Å². The number of H-pyrrole nitrogens is 1. The molecular formula is C19H23FN4O. The predicted molar refractivity (Wildman–Crippen MR) is 95.0 cm³/mol. The minimum absolute atomic E-state index is 0.170. The highest BCUT2D eigenvalue weighted by molar-refractivity contribution is 5.82. The molecule has 1 saturated heterocycles. The Hall–Kier alpha value is -2.18. The third-order valence-electron chi connectivity index (χ3n) is 4.88. The van der Waals surface area contributed by atoms with Gasteiger partial charge in [-0.1, -0.05) is 23.4 Å². The van der Waals surface area contributed by atoms with Crippen molar-refractivity contribution in [2.24, 2.45) is 0 Å². The number of aryl methyl sites for hydroxylation is 1. The Bertz CT molecular complexity index is 843. The third-order valence-corrected chi connectivity index (χ3v) is 4.88. The maximum absolute atomic E-state index is 13.9. The van der Waals surface area contributed by atoms with Crippen molar-refractivity contribution in [3.63, 3.8) is 0 Å². The van der Waals surface area contributed by atoms with Crippen LogP contribution in [0.4, 0.5) is 4.39 Å². The first-order chi connectivity index (χ1) is 12.2. The molecule has 132 valence electrons. The molecule has 0 spiro atoms. The van der Waals surface area contributed by atoms with E-state index in [-0.39, 0.29) is 6.04 Å². The van der Waals surface area contributed by atoms with Crippen molar-refractivity contribution >= 4 is 10.9 Å². The SMILES string of the molecule is Cc1cc(CN2C[C@@H](F)C[C@H]2CNCc2cccc3cc[nH]c23)on1. The van der Waals surface area contributed by atoms with E-state index in [1.165, 1.54) is 16.5 Å². The normalized spacial score (nSPS) is 21.4. The number of nitrogens with zero attached hydrogens (tertiary/aromatic N) is 2. The fourth-order valence-corrected chi connectivity index (χ4v) is 3.69. The van der Waals surface area contributed by atoms with Crippen molar-refractivity contribution in [2.75, 3.05) is 13.1 Å². The summed E-state index contributed by atoms with van der Waals surface area (Å²) in [5, 5.41) is 8.62. The first-order valence-electron chi connectivity index (χ1n) is 8.75. The Labute approximate surface area is 146 Å². The van der Waals surface area contributed by atoms with E-state index >= 15 is 0 Å². The second-order valence-corrected chi connectivity index (χ2v) is 6.84. The first-order valence-corrected chi connectivity index (χ1v) is 8.75. The lowest BCUT2D eigenvalue weighted by molar-refractivity contribution is 0.204. The molecule has 1 aromatic carbocycles. The van der Waals surface area contributed by atoms with Crippen LogP contribution in [-0.4, -0.2) is 40.3 Å². The van der Waals surface area contributed by atoms with Gasteiger partial charge in [-0.05, 0) is 30.4 Å². The van der Waals surface area contributed by atoms with E-state index < -0.39 is 6.17 Å². The molecule has 4 rings (SSSR count). The first kappa shape index (κ1) is 16.3. The summed E-state index contributed by atoms with van der Waals surface area (Å²) in [4.78, 5) is 5.43. The van der Waals surface area contributed by atoms with Gasteiger partial charge in [0.25, 0.3) is 0 Å². The summed E-state index contributed by atoms with van der Waals surface area (Å²) in [5.41, 5.74) is 3.26. The van der Waals surface area contributed by atoms with Gasteiger partial charge in [0.1, 0.15) is 6.17 Å². The predicted octanol–water partition coefficient (Wildman–Crippen LogP) is 3.17. The molecule has 0 bridgehead atoms. The van der Waals surface area contributed by atoms with Crippen molar-refractivity contribution in [1.29, 1.82) is 0 Å². The number of rotatable bonds is 6. The maximum Gasteiger partial charge on any atom is 0.150 e. The molecule has 3 aromatic rings. The standard InChI is InChI=1S/C19H23FN4O/c1-13-7-18(25-23-13)12-24-11-16(20)8-17(24)10-21-9-15-4-2-3-14-5-6-22-19(14)15/h2-7,16-17,21-22H,8-12H2,1H3/t16-,17-/m0/s1. The number of aromatic amines is 1. The van der Waals surface area contributed by atoms with Crippen LogP contribution in [0.25, 0.3) is 10.9 Å². The van der Waals surface area contributed by atoms with Gasteiger partial charge in [-0.2, -0.15) is 0 Å². The van der Waals surface area contributed by atoms with E-state index in [4.69, 9.17) is 4.52 Å². The highest BCUT2D eigenvalue weighted by Crippen LogP contribution is 2.23. The smallest absolute Gasteiger partial charge is 0.150 e. The highest BCUT2D eigenvalue weighted by atomic mass is 19.1. The number of hydrogen-bond donors (Lipinski definition) is 2. The Kier molecular flexibility index (Phi) is 4.55. The lowest BCUT2D eigenvalue weighted by atomic mass is 10.1. The molecule has 0 aliphatic carbocycles. The van der Waals surface area contributed by atoms with Gasteiger partial charge < -0.3 is 14.8 Å². The number of para-hydroxylation sites is 1. The molecular weight excluding hydrogens is 319 g/mol. The van der Waals surface area contributed by atoms with Gasteiger partial charge in [-0.15, -0.1) is 0 Å². The van der Waals surface area contributed by atoms with Crippen LogP contribution in [0, 0.1) is 6.92 Å². The number of benzene rings is 1. The average Bonchev–Trinajstić information content (AvgIpc) is 3.29. The zero-order chi connectivity index (χ0) is 17.2. The van der Waals surface area contributed by atoms with Gasteiger partial charge in [0.05, 0.1) is 12.2 Å². The van der Waals surface area contributed by atoms with Gasteiger partial charge in [-0.3, -0.25) is 4.90 Å². The van der Waals surface area contributed by atoms with Crippen LogP contribution in [-0.2, 0) is 13.1 Å². The molecule has 0 amide bonds. The van der Waals surface area contributed by atoms with Crippen molar-refractivity contribution in [3.8, 4) is 0 Å². The molecule has 2 atom stereocenters. The van der Waals surface area contributed by atoms with Crippen LogP contribution in [0.15, 0.2) is 41.1 Å². The fourth-order valence-electron chi connectivity index (χ4n) is 3.69. The molecule has 1 fully saturated rings. The summed E-state index contributed by atoms with van der Waals surface area (Å²) in [6.07, 6.45) is 1.75. The lowest BCUT2D eigenvalue weighted by Crippen LogP contribution is -2.37. The second kappa shape index (κ2) is 6.98. The number of aromatic nitrogens is 2. The van der Waals surface area contributed by atoms with E-state index in [0.29, 0.717) is 19.5 Å². The van der Waals surface area contributed by atoms with Crippen molar-refractivity contribution < 1.29 is 8.91 Å². The van der Waals surface area contributed by atoms with E-state index in [2.05, 4.69) is 44.6 Å². The van der Waals surface area contributed by atoms with Crippen LogP contribution < -0.4 is 5.32 Å². The number of nitrogens with one attached hydrogen (secondary N) is 2. The zero-order valence-electron chi connectivity index (χ0n) is 14.3. The van der Waals surface area contributed by atoms with Gasteiger partial charge in [-0.25, -0.2) is 4.39 Å². The van der Waals surface area contributed by atoms with Gasteiger partial charge in [0.15, 0.2) is 5.76 Å². The molecule has 2 aromatic heterocycles. The minimum Gasteiger partial charge on any atom is -0.361 e. The monoisotopic (exact) mass is 342 g/mol. The number of fused-ring (bicyclic) bond motifs is 1. The zero-order valence-corrected chi connectivity index (χ0v) is 14.3. The van der Waals surface area contributed by atoms with Crippen LogP contribution in [0.3, 0.4) is 0 Å². The van der Waals surface area contributed by atoms with E-state index in [1.54, 1.807) is 0 Å². The van der Waals surface area contributed by atoms with Crippen molar-refractivity contribution in [3.05, 3.63) is 53.5 Å². The number of alkyl halides is 1. The number of likely N-dealkylation sites (tertiary alicyclic amines) is 1. The second-order valence-electron chi connectivity index (χ2n) is 6.84. The molecule has 5 nitrogen and oxygen atoms in total. The van der Waals surface area contributed by atoms with Crippen LogP contribution in [0.5, 0.6) is 0 Å². The molecule has 25 heavy (non-hydrogen) atoms. The van der Waals surface area contributed by atoms with E-state index in [9.17, 15) is 4.39 Å². The average molecular weight is 342 g/mol. The van der Waals surface area contributed by atoms with E-state index in [0.717, 1.165) is 24.5 Å². The molecule has 2 N–H and O–H groups in total. The molecule has 0 unspecified atom stereocenters. The van der Waals surface area contributed by atoms with Crippen LogP contribution in [0.1, 0.15) is 23.4 Å². The van der Waals surface area contributed by atoms with Crippen molar-refractivity contribution in [2.45, 2.75) is 38.6 Å². The molecule has 0 saturated carbocycles. The molecule has 3 heterocycles. The molecule has 0 radical (unpaired) electrons. The Balaban J connectivity index is 1.36. The van der Waals surface area contributed by atoms with Crippen molar-refractivity contribution in [1.82, 2.24) is 20.4 Å². The minimum atomic E-state index is -0.775. The highest BCUT2D eigenvalue weighted by Gasteiger charge is 2.32. The lowest BCUT2D eigenvalue weighted by Gasteiger charge is -2.23. The Morgan fingerprint density at radius 1 is 1.40 bits per heavy atom. The molecule has 1 aliphatic rings. The maximum atomic E-state index is 13.9. The number of hydrogen-bond acceptors (Lipinski definition) is 4. The van der Waals surface area contributed by atoms with Gasteiger partial charge in [0.2, 0.25) is 0 Å². The summed E-state index contributed by atoms with van der Waals surface area (Å²) in [5.74, 6) is 0.799. The largest absolute Gasteiger partial charge is 0.361 e. The number of halogens is 1. The summed E-state index contributed by atoms with van der Waals surface area (Å²) in [6.45, 7) is 4.48. The quantitative estimate of drug-likeness (QED) is 0.722. The van der Waals surface area contributed by atoms with Gasteiger partial charge in [0, 0.05) is 43.5 Å². The van der Waals surface area contributed by atoms with E-state index in [1.807, 2.05) is 19.2 Å². The summed E-state index contributed by atoms with van der Waals surface area (Å²) in [7, 11) is 0. The Morgan fingerprint density at radius 2 is 2.32 bits per heavy atom. The fraction of sp³-hybridized carbons (Fsp3) is 0.421. The van der Waals surface area contributed by atoms with Crippen LogP contribution in [0.2, 0.25) is 0 Å². The topological polar surface area (TPSA) is 57.1 Å².